The molecule has 2 N–H and O–H groups in total. The molecule has 2 aromatic rings. The molecule has 19 heavy (non-hydrogen) atoms. The number of aromatic nitrogens is 1. The summed E-state index contributed by atoms with van der Waals surface area (Å²) in [7, 11) is 0. The van der Waals surface area contributed by atoms with Gasteiger partial charge in [0.2, 0.25) is 0 Å². The Balaban J connectivity index is 2.10. The molecule has 2 heterocycles. The minimum Gasteiger partial charge on any atom is -0.354 e. The monoisotopic (exact) mass is 252 g/mol. The highest BCUT2D eigenvalue weighted by Crippen LogP contribution is 2.27. The normalized spacial score (nSPS) is 22.7. The predicted octanol–water partition coefficient (Wildman–Crippen LogP) is 1.89. The maximum absolute atomic E-state index is 9.32. The van der Waals surface area contributed by atoms with Crippen LogP contribution in [-0.2, 0) is 0 Å². The van der Waals surface area contributed by atoms with E-state index >= 15 is 0 Å². The van der Waals surface area contributed by atoms with E-state index in [0.717, 1.165) is 29.8 Å². The molecule has 2 unspecified atom stereocenters. The first-order valence-corrected chi connectivity index (χ1v) is 6.49. The first kappa shape index (κ1) is 11.9. The van der Waals surface area contributed by atoms with E-state index in [4.69, 9.17) is 5.73 Å². The van der Waals surface area contributed by atoms with E-state index in [1.54, 1.807) is 0 Å². The highest BCUT2D eigenvalue weighted by molar-refractivity contribution is 5.83. The summed E-state index contributed by atoms with van der Waals surface area (Å²) >= 11 is 0. The van der Waals surface area contributed by atoms with Gasteiger partial charge in [0.1, 0.15) is 11.9 Å². The molecule has 0 aliphatic carbocycles. The van der Waals surface area contributed by atoms with Crippen molar-refractivity contribution in [2.24, 2.45) is 11.7 Å². The number of hydrogen-bond donors (Lipinski definition) is 1. The summed E-state index contributed by atoms with van der Waals surface area (Å²) in [6.45, 7) is 3.76. The Labute approximate surface area is 112 Å². The molecular formula is C15H16N4. The van der Waals surface area contributed by atoms with Gasteiger partial charge in [-0.1, -0.05) is 25.1 Å². The number of nitriles is 1. The zero-order valence-corrected chi connectivity index (χ0v) is 10.9. The van der Waals surface area contributed by atoms with Crippen molar-refractivity contribution >= 4 is 16.7 Å². The Morgan fingerprint density at radius 2 is 2.16 bits per heavy atom. The van der Waals surface area contributed by atoms with Gasteiger partial charge in [-0.05, 0) is 18.1 Å². The summed E-state index contributed by atoms with van der Waals surface area (Å²) in [5.41, 5.74) is 7.60. The van der Waals surface area contributed by atoms with Gasteiger partial charge < -0.3 is 10.6 Å². The molecule has 1 aromatic heterocycles. The van der Waals surface area contributed by atoms with E-state index in [1.165, 1.54) is 0 Å². The molecule has 4 nitrogen and oxygen atoms in total. The van der Waals surface area contributed by atoms with E-state index in [-0.39, 0.29) is 6.04 Å². The summed E-state index contributed by atoms with van der Waals surface area (Å²) in [5.74, 6) is 1.20. The minimum atomic E-state index is 0.153. The quantitative estimate of drug-likeness (QED) is 0.841. The van der Waals surface area contributed by atoms with E-state index < -0.39 is 0 Å². The molecule has 1 aromatic carbocycles. The number of hydrogen-bond acceptors (Lipinski definition) is 4. The topological polar surface area (TPSA) is 65.9 Å². The van der Waals surface area contributed by atoms with E-state index in [1.807, 2.05) is 30.3 Å². The van der Waals surface area contributed by atoms with Gasteiger partial charge in [0.25, 0.3) is 0 Å². The zero-order valence-electron chi connectivity index (χ0n) is 10.9. The molecule has 1 aliphatic heterocycles. The number of rotatable bonds is 1. The van der Waals surface area contributed by atoms with Crippen molar-refractivity contribution in [1.29, 1.82) is 5.26 Å². The van der Waals surface area contributed by atoms with Gasteiger partial charge in [-0.25, -0.2) is 4.98 Å². The average molecular weight is 252 g/mol. The summed E-state index contributed by atoms with van der Waals surface area (Å²) in [6, 6.07) is 12.2. The smallest absolute Gasteiger partial charge is 0.147 e. The molecule has 4 heteroatoms. The standard InChI is InChI=1S/C15H16N4/c1-10-8-19(9-13(10)17)15-12(7-16)6-11-4-2-3-5-14(11)18-15/h2-6,10,13H,8-9,17H2,1H3. The molecule has 2 atom stereocenters. The first-order valence-electron chi connectivity index (χ1n) is 6.49. The summed E-state index contributed by atoms with van der Waals surface area (Å²) in [4.78, 5) is 6.77. The van der Waals surface area contributed by atoms with Gasteiger partial charge in [-0.2, -0.15) is 5.26 Å². The van der Waals surface area contributed by atoms with Gasteiger partial charge in [0, 0.05) is 24.5 Å². The van der Waals surface area contributed by atoms with Gasteiger partial charge >= 0.3 is 0 Å². The number of nitrogens with two attached hydrogens (primary N) is 1. The lowest BCUT2D eigenvalue weighted by Gasteiger charge is -2.18. The second-order valence-corrected chi connectivity index (χ2v) is 5.21. The summed E-state index contributed by atoms with van der Waals surface area (Å²) < 4.78 is 0. The molecule has 0 amide bonds. The molecule has 96 valence electrons. The SMILES string of the molecule is CC1CN(c2nc3ccccc3cc2C#N)CC1N. The molecule has 1 saturated heterocycles. The van der Waals surface area contributed by atoms with Crippen LogP contribution in [0.4, 0.5) is 5.82 Å². The van der Waals surface area contributed by atoms with Crippen LogP contribution in [0.1, 0.15) is 12.5 Å². The predicted molar refractivity (Wildman–Crippen MR) is 75.8 cm³/mol. The van der Waals surface area contributed by atoms with Crippen molar-refractivity contribution in [2.75, 3.05) is 18.0 Å². The Morgan fingerprint density at radius 1 is 1.37 bits per heavy atom. The van der Waals surface area contributed by atoms with Gasteiger partial charge in [-0.15, -0.1) is 0 Å². The summed E-state index contributed by atoms with van der Waals surface area (Å²) in [6.07, 6.45) is 0. The largest absolute Gasteiger partial charge is 0.354 e. The summed E-state index contributed by atoms with van der Waals surface area (Å²) in [5, 5.41) is 10.3. The number of anilines is 1. The fourth-order valence-corrected chi connectivity index (χ4v) is 2.59. The number of pyridine rings is 1. The Morgan fingerprint density at radius 3 is 2.84 bits per heavy atom. The molecule has 3 rings (SSSR count). The second-order valence-electron chi connectivity index (χ2n) is 5.21. The fraction of sp³-hybridized carbons (Fsp3) is 0.333. The third kappa shape index (κ3) is 2.02. The van der Waals surface area contributed by atoms with E-state index in [9.17, 15) is 5.26 Å². The lowest BCUT2D eigenvalue weighted by Crippen LogP contribution is -2.29. The number of nitrogens with zero attached hydrogens (tertiary/aromatic N) is 3. The van der Waals surface area contributed by atoms with Crippen molar-refractivity contribution in [3.63, 3.8) is 0 Å². The van der Waals surface area contributed by atoms with Crippen LogP contribution in [-0.4, -0.2) is 24.1 Å². The number of benzene rings is 1. The van der Waals surface area contributed by atoms with Crippen LogP contribution in [0.3, 0.4) is 0 Å². The van der Waals surface area contributed by atoms with Crippen LogP contribution in [0.5, 0.6) is 0 Å². The van der Waals surface area contributed by atoms with Crippen molar-refractivity contribution < 1.29 is 0 Å². The lowest BCUT2D eigenvalue weighted by atomic mass is 10.1. The molecular weight excluding hydrogens is 236 g/mol. The van der Waals surface area contributed by atoms with Crippen LogP contribution >= 0.6 is 0 Å². The van der Waals surface area contributed by atoms with E-state index in [2.05, 4.69) is 22.9 Å². The van der Waals surface area contributed by atoms with Crippen molar-refractivity contribution in [1.82, 2.24) is 4.98 Å². The first-order chi connectivity index (χ1) is 9.19. The van der Waals surface area contributed by atoms with Crippen LogP contribution in [0.2, 0.25) is 0 Å². The molecule has 1 aliphatic rings. The molecule has 0 bridgehead atoms. The van der Waals surface area contributed by atoms with Crippen LogP contribution in [0.15, 0.2) is 30.3 Å². The fourth-order valence-electron chi connectivity index (χ4n) is 2.59. The van der Waals surface area contributed by atoms with Crippen molar-refractivity contribution in [3.05, 3.63) is 35.9 Å². The van der Waals surface area contributed by atoms with Crippen LogP contribution in [0.25, 0.3) is 10.9 Å². The minimum absolute atomic E-state index is 0.153. The molecule has 0 spiro atoms. The van der Waals surface area contributed by atoms with Crippen molar-refractivity contribution in [2.45, 2.75) is 13.0 Å². The van der Waals surface area contributed by atoms with E-state index in [0.29, 0.717) is 11.5 Å². The highest BCUT2D eigenvalue weighted by atomic mass is 15.2. The zero-order chi connectivity index (χ0) is 13.4. The Hall–Kier alpha value is -2.12. The van der Waals surface area contributed by atoms with Crippen LogP contribution in [0, 0.1) is 17.2 Å². The van der Waals surface area contributed by atoms with Crippen molar-refractivity contribution in [3.8, 4) is 6.07 Å². The third-order valence-electron chi connectivity index (χ3n) is 3.79. The molecule has 0 radical (unpaired) electrons. The Kier molecular flexibility index (Phi) is 2.84. The maximum atomic E-state index is 9.32. The lowest BCUT2D eigenvalue weighted by molar-refractivity contribution is 0.566. The maximum Gasteiger partial charge on any atom is 0.147 e. The average Bonchev–Trinajstić information content (AvgIpc) is 2.77. The van der Waals surface area contributed by atoms with Gasteiger partial charge in [0.05, 0.1) is 11.1 Å². The second kappa shape index (κ2) is 4.52. The molecule has 0 saturated carbocycles. The van der Waals surface area contributed by atoms with Gasteiger partial charge in [0.15, 0.2) is 0 Å². The Bertz CT molecular complexity index is 649. The highest BCUT2D eigenvalue weighted by Gasteiger charge is 2.29. The third-order valence-corrected chi connectivity index (χ3v) is 3.79. The molecule has 1 fully saturated rings. The van der Waals surface area contributed by atoms with Gasteiger partial charge in [-0.3, -0.25) is 0 Å². The number of para-hydroxylation sites is 1. The van der Waals surface area contributed by atoms with Crippen LogP contribution < -0.4 is 10.6 Å². The number of fused-ring (bicyclic) bond motifs is 1.